The summed E-state index contributed by atoms with van der Waals surface area (Å²) in [5.74, 6) is 0. The summed E-state index contributed by atoms with van der Waals surface area (Å²) in [6, 6.07) is 0. The van der Waals surface area contributed by atoms with Crippen LogP contribution < -0.4 is 0 Å². The van der Waals surface area contributed by atoms with Gasteiger partial charge >= 0.3 is 81.1 Å². The summed E-state index contributed by atoms with van der Waals surface area (Å²) in [6.45, 7) is 0. The molecule has 0 heterocycles. The Labute approximate surface area is 80.2 Å². The van der Waals surface area contributed by atoms with Gasteiger partial charge in [0.1, 0.15) is 0 Å². The van der Waals surface area contributed by atoms with Crippen molar-refractivity contribution in [1.29, 1.82) is 0 Å². The molecule has 7 heavy (non-hydrogen) atoms. The molecule has 0 aliphatic heterocycles. The average Bonchev–Trinajstić information content (AvgIpc) is 0.722. The molecule has 0 aliphatic rings. The summed E-state index contributed by atoms with van der Waals surface area (Å²) in [4.78, 5) is 0. The summed E-state index contributed by atoms with van der Waals surface area (Å²) in [7, 11) is -3.73. The van der Waals surface area contributed by atoms with Crippen LogP contribution >= 0.6 is 0 Å². The van der Waals surface area contributed by atoms with Crippen LogP contribution in [0.5, 0.6) is 0 Å². The molecule has 1 N–H and O–H groups in total. The van der Waals surface area contributed by atoms with Crippen LogP contribution in [-0.4, -0.2) is 72.6 Å². The quantitative estimate of drug-likeness (QED) is 0.378. The second-order valence-electron chi connectivity index (χ2n) is 0.448. The van der Waals surface area contributed by atoms with Crippen LogP contribution in [0.25, 0.3) is 0 Å². The Kier molecular flexibility index (Phi) is 13.7. The van der Waals surface area contributed by atoms with Crippen molar-refractivity contribution in [3.05, 3.63) is 0 Å². The minimum absolute atomic E-state index is 0. The minimum atomic E-state index is -3.73. The third-order valence-electron chi connectivity index (χ3n) is 0. The Morgan fingerprint density at radius 2 is 1.43 bits per heavy atom. The molecular formula is H6InLiO3SSe. The number of rotatable bonds is 0. The van der Waals surface area contributed by atoms with Crippen molar-refractivity contribution in [2.24, 2.45) is 0 Å². The maximum absolute atomic E-state index is 9.16. The van der Waals surface area contributed by atoms with Crippen molar-refractivity contribution < 1.29 is 13.0 Å². The molecule has 0 aliphatic carbocycles. The second-order valence-corrected chi connectivity index (χ2v) is 4.25. The SMILES string of the molecule is O=S(=O)(O)[SeH].[InH3].[LiH]. The Balaban J connectivity index is -0.0000000800. The molecule has 0 spiro atoms. The first-order valence-corrected chi connectivity index (χ1v) is 4.39. The van der Waals surface area contributed by atoms with Gasteiger partial charge in [-0.1, -0.05) is 0 Å². The fourth-order valence-corrected chi connectivity index (χ4v) is 0. The van der Waals surface area contributed by atoms with Crippen LogP contribution in [0, 0.1) is 0 Å². The summed E-state index contributed by atoms with van der Waals surface area (Å²) < 4.78 is 25.8. The summed E-state index contributed by atoms with van der Waals surface area (Å²) in [5.41, 5.74) is 0. The zero-order chi connectivity index (χ0) is 4.50. The van der Waals surface area contributed by atoms with Crippen molar-refractivity contribution in [3.63, 3.8) is 0 Å². The van der Waals surface area contributed by atoms with E-state index in [0.717, 1.165) is 14.9 Å². The first-order chi connectivity index (χ1) is 2.00. The fraction of sp³-hybridized carbons (Fsp3) is 0. The molecule has 0 aromatic rings. The molecule has 0 aromatic heterocycles. The first kappa shape index (κ1) is 16.0. The zero-order valence-corrected chi connectivity index (χ0v) is 4.81. The van der Waals surface area contributed by atoms with Crippen molar-refractivity contribution in [3.8, 4) is 0 Å². The molecule has 0 aromatic carbocycles. The normalized spacial score (nSPS) is 8.29. The number of hydrogen-bond acceptors (Lipinski definition) is 2. The van der Waals surface area contributed by atoms with Gasteiger partial charge in [0.25, 0.3) is 0 Å². The third-order valence-corrected chi connectivity index (χ3v) is 0. The Hall–Kier alpha value is 1.90. The number of hydrogen-bond donors (Lipinski definition) is 1. The van der Waals surface area contributed by atoms with Gasteiger partial charge in [-0.15, -0.1) is 0 Å². The summed E-state index contributed by atoms with van der Waals surface area (Å²) >= 11 is 1.11. The van der Waals surface area contributed by atoms with E-state index in [9.17, 15) is 0 Å². The van der Waals surface area contributed by atoms with Gasteiger partial charge in [0.2, 0.25) is 0 Å². The van der Waals surface area contributed by atoms with E-state index in [1.54, 1.807) is 0 Å². The van der Waals surface area contributed by atoms with Crippen molar-refractivity contribution >= 4 is 68.1 Å². The van der Waals surface area contributed by atoms with Gasteiger partial charge in [0, 0.05) is 0 Å². The van der Waals surface area contributed by atoms with E-state index < -0.39 is 8.54 Å². The molecule has 0 radical (unpaired) electrons. The molecule has 0 fully saturated rings. The molecular weight excluding hydrogens is 281 g/mol. The van der Waals surface area contributed by atoms with E-state index in [1.165, 1.54) is 0 Å². The Morgan fingerprint density at radius 1 is 1.43 bits per heavy atom. The van der Waals surface area contributed by atoms with Crippen LogP contribution in [-0.2, 0) is 8.54 Å². The molecule has 0 amide bonds. The van der Waals surface area contributed by atoms with E-state index in [4.69, 9.17) is 13.0 Å². The molecule has 0 saturated carbocycles. The Morgan fingerprint density at radius 3 is 1.43 bits per heavy atom. The topological polar surface area (TPSA) is 54.4 Å². The standard InChI is InChI=1S/In.Li.H2O3SSe.4H/c;;1-4(2,3)5;;;;/h;;(H2,1,2,3,5);;;;. The molecule has 0 saturated heterocycles. The summed E-state index contributed by atoms with van der Waals surface area (Å²) in [5, 5.41) is 0. The van der Waals surface area contributed by atoms with Gasteiger partial charge in [-0.25, -0.2) is 0 Å². The van der Waals surface area contributed by atoms with E-state index in [0.29, 0.717) is 0 Å². The van der Waals surface area contributed by atoms with E-state index in [-0.39, 0.29) is 44.7 Å². The van der Waals surface area contributed by atoms with Crippen molar-refractivity contribution in [2.75, 3.05) is 0 Å². The van der Waals surface area contributed by atoms with E-state index in [1.807, 2.05) is 0 Å². The van der Waals surface area contributed by atoms with Crippen LogP contribution in [0.1, 0.15) is 0 Å². The van der Waals surface area contributed by atoms with Crippen LogP contribution in [0.15, 0.2) is 0 Å². The van der Waals surface area contributed by atoms with E-state index >= 15 is 0 Å². The van der Waals surface area contributed by atoms with Gasteiger partial charge in [0.05, 0.1) is 0 Å². The van der Waals surface area contributed by atoms with Gasteiger partial charge < -0.3 is 0 Å². The zero-order valence-electron chi connectivity index (χ0n) is 2.12. The predicted molar refractivity (Wildman–Crippen MR) is 35.8 cm³/mol. The molecule has 0 atom stereocenters. The molecule has 0 rings (SSSR count). The van der Waals surface area contributed by atoms with Gasteiger partial charge in [0.15, 0.2) is 0 Å². The van der Waals surface area contributed by atoms with Crippen LogP contribution in [0.4, 0.5) is 0 Å². The predicted octanol–water partition coefficient (Wildman–Crippen LogP) is -3.14. The average molecular weight is 287 g/mol. The van der Waals surface area contributed by atoms with Crippen LogP contribution in [0.3, 0.4) is 0 Å². The molecule has 3 nitrogen and oxygen atoms in total. The molecule has 0 bridgehead atoms. The molecule has 7 heteroatoms. The summed E-state index contributed by atoms with van der Waals surface area (Å²) in [6.07, 6.45) is 0. The molecule has 40 valence electrons. The monoisotopic (exact) mass is 288 g/mol. The van der Waals surface area contributed by atoms with Gasteiger partial charge in [-0.05, 0) is 0 Å². The maximum atomic E-state index is 9.16. The second kappa shape index (κ2) is 6.02. The molecule has 0 unspecified atom stereocenters. The Bertz CT molecular complexity index is 98.1. The third kappa shape index (κ3) is 76.3. The first-order valence-electron chi connectivity index (χ1n) is 0.698. The fourth-order valence-electron chi connectivity index (χ4n) is 0. The van der Waals surface area contributed by atoms with Crippen molar-refractivity contribution in [2.45, 2.75) is 0 Å². The van der Waals surface area contributed by atoms with Gasteiger partial charge in [-0.3, -0.25) is 0 Å². The van der Waals surface area contributed by atoms with Gasteiger partial charge in [-0.2, -0.15) is 0 Å². The van der Waals surface area contributed by atoms with Crippen LogP contribution in [0.2, 0.25) is 0 Å². The van der Waals surface area contributed by atoms with E-state index in [2.05, 4.69) is 0 Å². The van der Waals surface area contributed by atoms with Crippen molar-refractivity contribution in [1.82, 2.24) is 0 Å².